The molecule has 0 aromatic carbocycles. The maximum Gasteiger partial charge on any atom is 0.0683 e. The summed E-state index contributed by atoms with van der Waals surface area (Å²) in [6, 6.07) is 0. The Labute approximate surface area is 75.5 Å². The molecule has 1 nitrogen and oxygen atoms in total. The monoisotopic (exact) mass is 168 g/mol. The first-order valence-electron chi connectivity index (χ1n) is 5.09. The predicted molar refractivity (Wildman–Crippen MR) is 50.1 cm³/mol. The van der Waals surface area contributed by atoms with Gasteiger partial charge in [0.15, 0.2) is 0 Å². The Hall–Kier alpha value is -0.0400. The first-order valence-corrected chi connectivity index (χ1v) is 5.09. The second-order valence-corrected chi connectivity index (χ2v) is 5.82. The van der Waals surface area contributed by atoms with Gasteiger partial charge in [-0.15, -0.1) is 0 Å². The largest absolute Gasteiger partial charge is 0.372 e. The zero-order chi connectivity index (χ0) is 8.98. The molecule has 2 saturated heterocycles. The van der Waals surface area contributed by atoms with E-state index in [0.29, 0.717) is 11.5 Å². The highest BCUT2D eigenvalue weighted by molar-refractivity contribution is 5.01. The minimum atomic E-state index is 0.270. The van der Waals surface area contributed by atoms with Gasteiger partial charge in [-0.3, -0.25) is 0 Å². The van der Waals surface area contributed by atoms with Crippen LogP contribution in [0.3, 0.4) is 0 Å². The molecule has 1 aliphatic carbocycles. The highest BCUT2D eigenvalue weighted by Crippen LogP contribution is 2.52. The second kappa shape index (κ2) is 2.25. The van der Waals surface area contributed by atoms with E-state index in [0.717, 1.165) is 5.92 Å². The maximum atomic E-state index is 5.90. The van der Waals surface area contributed by atoms with Gasteiger partial charge >= 0.3 is 0 Å². The van der Waals surface area contributed by atoms with Gasteiger partial charge in [0.05, 0.1) is 11.7 Å². The maximum absolute atomic E-state index is 5.90. The zero-order valence-electron chi connectivity index (χ0n) is 8.68. The Kier molecular flexibility index (Phi) is 1.61. The molecule has 0 spiro atoms. The van der Waals surface area contributed by atoms with Crippen molar-refractivity contribution >= 4 is 0 Å². The second-order valence-electron chi connectivity index (χ2n) is 5.82. The van der Waals surface area contributed by atoms with E-state index >= 15 is 0 Å². The summed E-state index contributed by atoms with van der Waals surface area (Å²) in [6.45, 7) is 9.26. The summed E-state index contributed by atoms with van der Waals surface area (Å²) in [5.74, 6) is 0.791. The molecule has 0 amide bonds. The summed E-state index contributed by atoms with van der Waals surface area (Å²) in [6.07, 6.45) is 4.51. The molecular weight excluding hydrogens is 148 g/mol. The summed E-state index contributed by atoms with van der Waals surface area (Å²) < 4.78 is 5.90. The van der Waals surface area contributed by atoms with Gasteiger partial charge in [0, 0.05) is 6.42 Å². The summed E-state index contributed by atoms with van der Waals surface area (Å²) in [4.78, 5) is 0. The number of fused-ring (bicyclic) bond motifs is 2. The molecule has 0 aromatic heterocycles. The fourth-order valence-electron chi connectivity index (χ4n) is 2.80. The summed E-state index contributed by atoms with van der Waals surface area (Å²) in [5.41, 5.74) is 0.707. The van der Waals surface area contributed by atoms with E-state index in [2.05, 4.69) is 27.7 Å². The quantitative estimate of drug-likeness (QED) is 0.540. The average Bonchev–Trinajstić information content (AvgIpc) is 1.82. The molecule has 70 valence electrons. The Morgan fingerprint density at radius 3 is 2.25 bits per heavy atom. The molecule has 3 fully saturated rings. The van der Waals surface area contributed by atoms with Crippen molar-refractivity contribution in [1.82, 2.24) is 0 Å². The minimum absolute atomic E-state index is 0.270. The third-order valence-electron chi connectivity index (χ3n) is 3.61. The standard InChI is InChI=1S/C11H20O/c1-10(2,3)8-5-6-11(4)7-9(8)12-11/h8-9H,5-7H2,1-4H3. The Morgan fingerprint density at radius 2 is 1.92 bits per heavy atom. The molecule has 0 N–H and O–H groups in total. The molecule has 2 heterocycles. The summed E-state index contributed by atoms with van der Waals surface area (Å²) >= 11 is 0. The molecule has 3 unspecified atom stereocenters. The van der Waals surface area contributed by atoms with E-state index in [4.69, 9.17) is 4.74 Å². The van der Waals surface area contributed by atoms with Crippen molar-refractivity contribution < 1.29 is 4.74 Å². The van der Waals surface area contributed by atoms with Crippen LogP contribution in [0.25, 0.3) is 0 Å². The van der Waals surface area contributed by atoms with Gasteiger partial charge in [-0.25, -0.2) is 0 Å². The lowest BCUT2D eigenvalue weighted by molar-refractivity contribution is -0.263. The number of hydrogen-bond acceptors (Lipinski definition) is 1. The van der Waals surface area contributed by atoms with E-state index < -0.39 is 0 Å². The van der Waals surface area contributed by atoms with Crippen LogP contribution in [0.4, 0.5) is 0 Å². The fraction of sp³-hybridized carbons (Fsp3) is 1.00. The van der Waals surface area contributed by atoms with Crippen molar-refractivity contribution in [3.05, 3.63) is 0 Å². The van der Waals surface area contributed by atoms with Crippen LogP contribution in [-0.4, -0.2) is 11.7 Å². The zero-order valence-corrected chi connectivity index (χ0v) is 8.68. The van der Waals surface area contributed by atoms with E-state index in [1.807, 2.05) is 0 Å². The molecule has 3 rings (SSSR count). The van der Waals surface area contributed by atoms with Crippen LogP contribution in [-0.2, 0) is 4.74 Å². The van der Waals surface area contributed by atoms with Crippen molar-refractivity contribution in [3.8, 4) is 0 Å². The molecule has 2 bridgehead atoms. The molecule has 3 aliphatic rings. The van der Waals surface area contributed by atoms with E-state index in [1.54, 1.807) is 0 Å². The van der Waals surface area contributed by atoms with Gasteiger partial charge in [-0.05, 0) is 31.1 Å². The number of hydrogen-bond donors (Lipinski definition) is 0. The van der Waals surface area contributed by atoms with Crippen molar-refractivity contribution in [2.45, 2.75) is 58.7 Å². The Bertz CT molecular complexity index is 178. The van der Waals surface area contributed by atoms with E-state index in [-0.39, 0.29) is 5.60 Å². The van der Waals surface area contributed by atoms with Gasteiger partial charge in [-0.2, -0.15) is 0 Å². The fourth-order valence-corrected chi connectivity index (χ4v) is 2.80. The van der Waals surface area contributed by atoms with Crippen LogP contribution in [0.1, 0.15) is 47.0 Å². The topological polar surface area (TPSA) is 9.23 Å². The third kappa shape index (κ3) is 1.19. The Morgan fingerprint density at radius 1 is 1.33 bits per heavy atom. The van der Waals surface area contributed by atoms with E-state index in [9.17, 15) is 0 Å². The molecular formula is C11H20O. The lowest BCUT2D eigenvalue weighted by atomic mass is 9.63. The third-order valence-corrected chi connectivity index (χ3v) is 3.61. The highest BCUT2D eigenvalue weighted by Gasteiger charge is 2.52. The van der Waals surface area contributed by atoms with Crippen molar-refractivity contribution in [2.75, 3.05) is 0 Å². The normalized spacial score (nSPS) is 47.0. The highest BCUT2D eigenvalue weighted by atomic mass is 16.5. The lowest BCUT2D eigenvalue weighted by Gasteiger charge is -2.57. The predicted octanol–water partition coefficient (Wildman–Crippen LogP) is 2.99. The molecule has 12 heavy (non-hydrogen) atoms. The average molecular weight is 168 g/mol. The van der Waals surface area contributed by atoms with Crippen LogP contribution < -0.4 is 0 Å². The van der Waals surface area contributed by atoms with Gasteiger partial charge in [-0.1, -0.05) is 20.8 Å². The minimum Gasteiger partial charge on any atom is -0.372 e. The van der Waals surface area contributed by atoms with Gasteiger partial charge < -0.3 is 4.74 Å². The first-order chi connectivity index (χ1) is 5.41. The molecule has 2 aliphatic heterocycles. The lowest BCUT2D eigenvalue weighted by Crippen LogP contribution is -2.58. The summed E-state index contributed by atoms with van der Waals surface area (Å²) in [7, 11) is 0. The van der Waals surface area contributed by atoms with Crippen molar-refractivity contribution in [1.29, 1.82) is 0 Å². The van der Waals surface area contributed by atoms with E-state index in [1.165, 1.54) is 19.3 Å². The van der Waals surface area contributed by atoms with Gasteiger partial charge in [0.1, 0.15) is 0 Å². The van der Waals surface area contributed by atoms with Gasteiger partial charge in [0.2, 0.25) is 0 Å². The van der Waals surface area contributed by atoms with Crippen molar-refractivity contribution in [2.24, 2.45) is 11.3 Å². The van der Waals surface area contributed by atoms with Crippen LogP contribution >= 0.6 is 0 Å². The SMILES string of the molecule is CC12CCC(C(C)(C)C)C(C1)O2. The Balaban J connectivity index is 2.04. The molecule has 3 atom stereocenters. The number of ether oxygens (including phenoxy) is 1. The number of rotatable bonds is 0. The molecule has 0 aromatic rings. The molecule has 1 saturated carbocycles. The van der Waals surface area contributed by atoms with Crippen LogP contribution in [0.5, 0.6) is 0 Å². The smallest absolute Gasteiger partial charge is 0.0683 e. The van der Waals surface area contributed by atoms with Gasteiger partial charge in [0.25, 0.3) is 0 Å². The van der Waals surface area contributed by atoms with Crippen molar-refractivity contribution in [3.63, 3.8) is 0 Å². The molecule has 0 radical (unpaired) electrons. The van der Waals surface area contributed by atoms with Crippen LogP contribution in [0.2, 0.25) is 0 Å². The summed E-state index contributed by atoms with van der Waals surface area (Å²) in [5, 5.41) is 0. The first kappa shape index (κ1) is 8.55. The molecule has 1 heteroatoms. The van der Waals surface area contributed by atoms with Crippen LogP contribution in [0, 0.1) is 11.3 Å². The van der Waals surface area contributed by atoms with Crippen LogP contribution in [0.15, 0.2) is 0 Å².